The fraction of sp³-hybridized carbons (Fsp3) is 0.0400. The number of ether oxygens (including phenoxy) is 1. The first-order valence-electron chi connectivity index (χ1n) is 10.2. The summed E-state index contributed by atoms with van der Waals surface area (Å²) in [6, 6.07) is 19.3. The SMILES string of the molecule is COC(=O)c1ccc(N2C(=O)C(Cl)=C(Nc3ccc(C(=O)Nc4ccc(Br)cc4)cc3)C2=O)cc1. The van der Waals surface area contributed by atoms with Crippen LogP contribution < -0.4 is 15.5 Å². The molecule has 3 aromatic rings. The fourth-order valence-corrected chi connectivity index (χ4v) is 3.77. The average molecular weight is 555 g/mol. The molecule has 0 aromatic heterocycles. The van der Waals surface area contributed by atoms with Crippen molar-refractivity contribution in [1.82, 2.24) is 0 Å². The molecule has 1 aliphatic rings. The number of amides is 3. The van der Waals surface area contributed by atoms with Crippen molar-refractivity contribution < 1.29 is 23.9 Å². The number of anilines is 3. The minimum absolute atomic E-state index is 0.0965. The lowest BCUT2D eigenvalue weighted by molar-refractivity contribution is -0.120. The molecule has 176 valence electrons. The number of benzene rings is 3. The largest absolute Gasteiger partial charge is 0.465 e. The number of imide groups is 1. The van der Waals surface area contributed by atoms with Crippen molar-refractivity contribution in [3.8, 4) is 0 Å². The molecule has 8 nitrogen and oxygen atoms in total. The molecule has 0 aliphatic carbocycles. The van der Waals surface area contributed by atoms with E-state index in [1.165, 1.54) is 31.4 Å². The summed E-state index contributed by atoms with van der Waals surface area (Å²) in [5.41, 5.74) is 1.94. The van der Waals surface area contributed by atoms with Gasteiger partial charge in [-0.05, 0) is 72.8 Å². The maximum absolute atomic E-state index is 12.9. The molecular weight excluding hydrogens is 538 g/mol. The number of carbonyl (C=O) groups is 4. The number of halogens is 2. The highest BCUT2D eigenvalue weighted by Gasteiger charge is 2.39. The Hall–Kier alpha value is -3.95. The topological polar surface area (TPSA) is 105 Å². The molecule has 0 spiro atoms. The Labute approximate surface area is 213 Å². The Balaban J connectivity index is 1.46. The number of methoxy groups -OCH3 is 1. The van der Waals surface area contributed by atoms with Gasteiger partial charge >= 0.3 is 5.97 Å². The molecule has 4 rings (SSSR count). The highest BCUT2D eigenvalue weighted by atomic mass is 79.9. The van der Waals surface area contributed by atoms with Crippen molar-refractivity contribution in [3.63, 3.8) is 0 Å². The Bertz CT molecular complexity index is 1350. The molecule has 3 aromatic carbocycles. The van der Waals surface area contributed by atoms with E-state index >= 15 is 0 Å². The molecule has 0 unspecified atom stereocenters. The maximum Gasteiger partial charge on any atom is 0.337 e. The van der Waals surface area contributed by atoms with Crippen molar-refractivity contribution in [2.75, 3.05) is 22.6 Å². The Morgan fingerprint density at radius 1 is 0.829 bits per heavy atom. The van der Waals surface area contributed by atoms with Crippen LogP contribution in [0.1, 0.15) is 20.7 Å². The van der Waals surface area contributed by atoms with Gasteiger partial charge in [-0.1, -0.05) is 27.5 Å². The van der Waals surface area contributed by atoms with E-state index in [-0.39, 0.29) is 27.9 Å². The molecule has 0 fully saturated rings. The number of hydrogen-bond donors (Lipinski definition) is 2. The van der Waals surface area contributed by atoms with Crippen LogP contribution in [0.5, 0.6) is 0 Å². The van der Waals surface area contributed by atoms with E-state index in [0.29, 0.717) is 16.9 Å². The van der Waals surface area contributed by atoms with Gasteiger partial charge in [0.2, 0.25) is 0 Å². The molecule has 10 heteroatoms. The van der Waals surface area contributed by atoms with Crippen LogP contribution in [0.4, 0.5) is 17.1 Å². The average Bonchev–Trinajstić information content (AvgIpc) is 3.08. The monoisotopic (exact) mass is 553 g/mol. The van der Waals surface area contributed by atoms with Crippen LogP contribution in [0.2, 0.25) is 0 Å². The zero-order valence-electron chi connectivity index (χ0n) is 18.2. The number of esters is 1. The molecule has 1 heterocycles. The Kier molecular flexibility index (Phi) is 6.99. The highest BCUT2D eigenvalue weighted by Crippen LogP contribution is 2.30. The maximum atomic E-state index is 12.9. The summed E-state index contributed by atoms with van der Waals surface area (Å²) in [6.45, 7) is 0. The summed E-state index contributed by atoms with van der Waals surface area (Å²) in [4.78, 5) is 50.6. The lowest BCUT2D eigenvalue weighted by Crippen LogP contribution is -2.32. The summed E-state index contributed by atoms with van der Waals surface area (Å²) >= 11 is 9.51. The minimum Gasteiger partial charge on any atom is -0.465 e. The van der Waals surface area contributed by atoms with Crippen LogP contribution in [0, 0.1) is 0 Å². The lowest BCUT2D eigenvalue weighted by Gasteiger charge is -2.15. The van der Waals surface area contributed by atoms with Gasteiger partial charge in [0, 0.05) is 21.4 Å². The van der Waals surface area contributed by atoms with Gasteiger partial charge in [0.25, 0.3) is 17.7 Å². The van der Waals surface area contributed by atoms with E-state index in [1.807, 2.05) is 12.1 Å². The van der Waals surface area contributed by atoms with E-state index in [4.69, 9.17) is 11.6 Å². The minimum atomic E-state index is -0.699. The Morgan fingerprint density at radius 3 is 2.00 bits per heavy atom. The van der Waals surface area contributed by atoms with Gasteiger partial charge in [-0.3, -0.25) is 14.4 Å². The number of nitrogens with zero attached hydrogens (tertiary/aromatic N) is 1. The molecule has 0 radical (unpaired) electrons. The van der Waals surface area contributed by atoms with Crippen LogP contribution in [0.3, 0.4) is 0 Å². The second-order valence-electron chi connectivity index (χ2n) is 7.34. The lowest BCUT2D eigenvalue weighted by atomic mass is 10.2. The summed E-state index contributed by atoms with van der Waals surface area (Å²) in [5, 5.41) is 5.37. The van der Waals surface area contributed by atoms with Gasteiger partial charge in [-0.15, -0.1) is 0 Å². The standard InChI is InChI=1S/C25H17BrClN3O5/c1-35-25(34)15-4-12-19(13-5-15)30-23(32)20(27)21(24(30)33)28-17-8-2-14(3-9-17)22(31)29-18-10-6-16(26)7-11-18/h2-13,28H,1H3,(H,29,31). The van der Waals surface area contributed by atoms with Crippen LogP contribution in [0.25, 0.3) is 0 Å². The zero-order valence-corrected chi connectivity index (χ0v) is 20.5. The number of nitrogens with one attached hydrogen (secondary N) is 2. The molecule has 0 atom stereocenters. The molecule has 2 N–H and O–H groups in total. The molecule has 1 aliphatic heterocycles. The van der Waals surface area contributed by atoms with Crippen LogP contribution >= 0.6 is 27.5 Å². The third kappa shape index (κ3) is 5.11. The Morgan fingerprint density at radius 2 is 1.40 bits per heavy atom. The summed E-state index contributed by atoms with van der Waals surface area (Å²) in [5.74, 6) is -2.19. The van der Waals surface area contributed by atoms with Gasteiger partial charge in [0.05, 0.1) is 18.4 Å². The predicted molar refractivity (Wildman–Crippen MR) is 135 cm³/mol. The third-order valence-corrected chi connectivity index (χ3v) is 5.97. The predicted octanol–water partition coefficient (Wildman–Crippen LogP) is 4.92. The van der Waals surface area contributed by atoms with E-state index in [9.17, 15) is 19.2 Å². The van der Waals surface area contributed by atoms with Gasteiger partial charge in [0.1, 0.15) is 10.7 Å². The van der Waals surface area contributed by atoms with Gasteiger partial charge in [-0.2, -0.15) is 0 Å². The van der Waals surface area contributed by atoms with E-state index in [2.05, 4.69) is 31.3 Å². The van der Waals surface area contributed by atoms with E-state index in [1.54, 1.807) is 36.4 Å². The van der Waals surface area contributed by atoms with Crippen molar-refractivity contribution in [2.45, 2.75) is 0 Å². The van der Waals surface area contributed by atoms with Crippen LogP contribution in [-0.4, -0.2) is 30.8 Å². The quantitative estimate of drug-likeness (QED) is 0.331. The molecule has 0 bridgehead atoms. The van der Waals surface area contributed by atoms with Gasteiger partial charge < -0.3 is 15.4 Å². The number of carbonyl (C=O) groups excluding carboxylic acids is 4. The van der Waals surface area contributed by atoms with Crippen molar-refractivity contribution in [2.24, 2.45) is 0 Å². The third-order valence-electron chi connectivity index (χ3n) is 5.09. The van der Waals surface area contributed by atoms with E-state index < -0.39 is 17.8 Å². The van der Waals surface area contributed by atoms with Gasteiger partial charge in [-0.25, -0.2) is 9.69 Å². The molecule has 0 saturated carbocycles. The molecule has 35 heavy (non-hydrogen) atoms. The number of rotatable bonds is 6. The van der Waals surface area contributed by atoms with Crippen LogP contribution in [0.15, 0.2) is 88.0 Å². The highest BCUT2D eigenvalue weighted by molar-refractivity contribution is 9.10. The summed E-state index contributed by atoms with van der Waals surface area (Å²) in [6.07, 6.45) is 0. The molecular formula is C25H17BrClN3O5. The normalized spacial score (nSPS) is 13.2. The summed E-state index contributed by atoms with van der Waals surface area (Å²) < 4.78 is 5.55. The van der Waals surface area contributed by atoms with Crippen LogP contribution in [-0.2, 0) is 14.3 Å². The van der Waals surface area contributed by atoms with Crippen molar-refractivity contribution >= 4 is 68.3 Å². The second-order valence-corrected chi connectivity index (χ2v) is 8.63. The van der Waals surface area contributed by atoms with Gasteiger partial charge in [0.15, 0.2) is 0 Å². The smallest absolute Gasteiger partial charge is 0.337 e. The first-order chi connectivity index (χ1) is 16.8. The fourth-order valence-electron chi connectivity index (χ4n) is 3.30. The van der Waals surface area contributed by atoms with Crippen molar-refractivity contribution in [1.29, 1.82) is 0 Å². The number of hydrogen-bond acceptors (Lipinski definition) is 6. The first kappa shape index (κ1) is 24.2. The summed E-state index contributed by atoms with van der Waals surface area (Å²) in [7, 11) is 1.26. The molecule has 0 saturated heterocycles. The first-order valence-corrected chi connectivity index (χ1v) is 11.4. The van der Waals surface area contributed by atoms with Crippen molar-refractivity contribution in [3.05, 3.63) is 99.1 Å². The van der Waals surface area contributed by atoms with E-state index in [0.717, 1.165) is 9.37 Å². The zero-order chi connectivity index (χ0) is 25.1. The second kappa shape index (κ2) is 10.1. The molecule has 3 amide bonds.